The molecule has 1 amide bonds. The molecule has 3 rings (SSSR count). The predicted molar refractivity (Wildman–Crippen MR) is 82.9 cm³/mol. The highest BCUT2D eigenvalue weighted by molar-refractivity contribution is 5.90. The van der Waals surface area contributed by atoms with Gasteiger partial charge in [0.05, 0.1) is 0 Å². The number of likely N-dealkylation sites (N-methyl/N-ethyl adjacent to an activating group) is 1. The maximum absolute atomic E-state index is 12.3. The van der Waals surface area contributed by atoms with E-state index in [1.54, 1.807) is 4.52 Å². The molecule has 1 N–H and O–H groups in total. The second-order valence-corrected chi connectivity index (χ2v) is 5.82. The van der Waals surface area contributed by atoms with Crippen LogP contribution in [0.2, 0.25) is 0 Å². The number of fused-ring (bicyclic) bond motifs is 1. The van der Waals surface area contributed by atoms with Crippen LogP contribution in [0.5, 0.6) is 0 Å². The molecule has 0 radical (unpaired) electrons. The van der Waals surface area contributed by atoms with Crippen molar-refractivity contribution in [2.24, 2.45) is 0 Å². The molecule has 0 unspecified atom stereocenters. The molecule has 118 valence electrons. The fourth-order valence-electron chi connectivity index (χ4n) is 3.09. The van der Waals surface area contributed by atoms with Crippen LogP contribution in [-0.2, 0) is 0 Å². The maximum Gasteiger partial charge on any atom is 0.291 e. The molecule has 2 aromatic heterocycles. The molecule has 1 aliphatic heterocycles. The Hall–Kier alpha value is -2.02. The van der Waals surface area contributed by atoms with Crippen LogP contribution in [0.3, 0.4) is 0 Å². The molecule has 1 atom stereocenters. The summed E-state index contributed by atoms with van der Waals surface area (Å²) in [7, 11) is 0. The van der Waals surface area contributed by atoms with Gasteiger partial charge in [0.2, 0.25) is 5.82 Å². The van der Waals surface area contributed by atoms with E-state index in [-0.39, 0.29) is 11.7 Å². The number of amides is 1. The molecule has 0 bridgehead atoms. The molecule has 7 heteroatoms. The Morgan fingerprint density at radius 1 is 1.41 bits per heavy atom. The summed E-state index contributed by atoms with van der Waals surface area (Å²) in [6.07, 6.45) is 2.33. The van der Waals surface area contributed by atoms with Crippen molar-refractivity contribution in [2.45, 2.75) is 39.7 Å². The lowest BCUT2D eigenvalue weighted by atomic mass is 10.2. The Kier molecular flexibility index (Phi) is 4.06. The van der Waals surface area contributed by atoms with E-state index in [2.05, 4.69) is 32.2 Å². The van der Waals surface area contributed by atoms with Gasteiger partial charge in [0, 0.05) is 24.0 Å². The summed E-state index contributed by atoms with van der Waals surface area (Å²) in [5.41, 5.74) is 1.79. The van der Waals surface area contributed by atoms with Crippen molar-refractivity contribution in [1.29, 1.82) is 0 Å². The zero-order valence-electron chi connectivity index (χ0n) is 13.3. The molecule has 7 nitrogen and oxygen atoms in total. The zero-order valence-corrected chi connectivity index (χ0v) is 13.3. The van der Waals surface area contributed by atoms with Crippen LogP contribution in [-0.4, -0.2) is 56.1 Å². The van der Waals surface area contributed by atoms with Gasteiger partial charge < -0.3 is 5.32 Å². The quantitative estimate of drug-likeness (QED) is 0.910. The number of carbonyl (C=O) groups is 1. The predicted octanol–water partition coefficient (Wildman–Crippen LogP) is 0.955. The van der Waals surface area contributed by atoms with Gasteiger partial charge in [0.25, 0.3) is 11.7 Å². The average molecular weight is 302 g/mol. The SMILES string of the molecule is CCN1CCC[C@@H]1CNC(=O)c1nc2nc(C)cc(C)n2n1. The van der Waals surface area contributed by atoms with Crippen molar-refractivity contribution in [3.63, 3.8) is 0 Å². The highest BCUT2D eigenvalue weighted by Gasteiger charge is 2.24. The third kappa shape index (κ3) is 2.81. The molecular weight excluding hydrogens is 280 g/mol. The summed E-state index contributed by atoms with van der Waals surface area (Å²) < 4.78 is 1.61. The van der Waals surface area contributed by atoms with Crippen LogP contribution < -0.4 is 5.32 Å². The largest absolute Gasteiger partial charge is 0.348 e. The van der Waals surface area contributed by atoms with Crippen molar-refractivity contribution < 1.29 is 4.79 Å². The molecule has 1 aliphatic rings. The molecule has 3 heterocycles. The first-order valence-corrected chi connectivity index (χ1v) is 7.81. The lowest BCUT2D eigenvalue weighted by molar-refractivity contribution is 0.0931. The summed E-state index contributed by atoms with van der Waals surface area (Å²) >= 11 is 0. The minimum Gasteiger partial charge on any atom is -0.348 e. The van der Waals surface area contributed by atoms with Crippen LogP contribution >= 0.6 is 0 Å². The zero-order chi connectivity index (χ0) is 15.7. The first-order valence-electron chi connectivity index (χ1n) is 7.81. The number of nitrogens with one attached hydrogen (secondary N) is 1. The van der Waals surface area contributed by atoms with Gasteiger partial charge in [0.1, 0.15) is 0 Å². The topological polar surface area (TPSA) is 75.4 Å². The molecule has 0 saturated carbocycles. The van der Waals surface area contributed by atoms with Crippen LogP contribution in [0.1, 0.15) is 41.8 Å². The standard InChI is InChI=1S/C15H22N6O/c1-4-20-7-5-6-12(20)9-16-14(22)13-18-15-17-10(2)8-11(3)21(15)19-13/h8,12H,4-7,9H2,1-3H3,(H,16,22)/t12-/m1/s1. The van der Waals surface area contributed by atoms with Crippen molar-refractivity contribution in [3.05, 3.63) is 23.3 Å². The minimum atomic E-state index is -0.231. The molecule has 0 spiro atoms. The Balaban J connectivity index is 1.71. The van der Waals surface area contributed by atoms with Gasteiger partial charge in [-0.1, -0.05) is 6.92 Å². The van der Waals surface area contributed by atoms with E-state index in [0.717, 1.165) is 30.9 Å². The highest BCUT2D eigenvalue weighted by atomic mass is 16.2. The number of carbonyl (C=O) groups excluding carboxylic acids is 1. The Morgan fingerprint density at radius 2 is 2.23 bits per heavy atom. The van der Waals surface area contributed by atoms with Crippen LogP contribution in [0.15, 0.2) is 6.07 Å². The summed E-state index contributed by atoms with van der Waals surface area (Å²) in [5, 5.41) is 7.21. The molecule has 1 fully saturated rings. The van der Waals surface area contributed by atoms with E-state index in [4.69, 9.17) is 0 Å². The fraction of sp³-hybridized carbons (Fsp3) is 0.600. The second-order valence-electron chi connectivity index (χ2n) is 5.82. The van der Waals surface area contributed by atoms with Gasteiger partial charge >= 0.3 is 0 Å². The number of hydrogen-bond donors (Lipinski definition) is 1. The van der Waals surface area contributed by atoms with Crippen LogP contribution in [0.4, 0.5) is 0 Å². The highest BCUT2D eigenvalue weighted by Crippen LogP contribution is 2.15. The fourth-order valence-corrected chi connectivity index (χ4v) is 3.09. The summed E-state index contributed by atoms with van der Waals surface area (Å²) in [5.74, 6) is 0.423. The van der Waals surface area contributed by atoms with E-state index >= 15 is 0 Å². The molecule has 22 heavy (non-hydrogen) atoms. The van der Waals surface area contributed by atoms with Crippen molar-refractivity contribution in [2.75, 3.05) is 19.6 Å². The van der Waals surface area contributed by atoms with Crippen LogP contribution in [0, 0.1) is 13.8 Å². The number of aryl methyl sites for hydroxylation is 2. The Morgan fingerprint density at radius 3 is 3.00 bits per heavy atom. The number of aromatic nitrogens is 4. The monoisotopic (exact) mass is 302 g/mol. The van der Waals surface area contributed by atoms with E-state index in [1.807, 2.05) is 19.9 Å². The number of rotatable bonds is 4. The van der Waals surface area contributed by atoms with Crippen molar-refractivity contribution >= 4 is 11.7 Å². The van der Waals surface area contributed by atoms with Gasteiger partial charge in [-0.25, -0.2) is 9.50 Å². The van der Waals surface area contributed by atoms with Crippen LogP contribution in [0.25, 0.3) is 5.78 Å². The Bertz CT molecular complexity index is 695. The average Bonchev–Trinajstić information content (AvgIpc) is 3.10. The summed E-state index contributed by atoms with van der Waals surface area (Å²) in [4.78, 5) is 23.2. The van der Waals surface area contributed by atoms with Crippen molar-refractivity contribution in [3.8, 4) is 0 Å². The number of likely N-dealkylation sites (tertiary alicyclic amines) is 1. The second kappa shape index (κ2) is 6.00. The Labute approximate surface area is 129 Å². The minimum absolute atomic E-state index is 0.183. The maximum atomic E-state index is 12.3. The van der Waals surface area contributed by atoms with Gasteiger partial charge in [-0.3, -0.25) is 9.69 Å². The molecule has 1 saturated heterocycles. The molecule has 2 aromatic rings. The normalized spacial score (nSPS) is 19.0. The molecular formula is C15H22N6O. The number of hydrogen-bond acceptors (Lipinski definition) is 5. The van der Waals surface area contributed by atoms with E-state index < -0.39 is 0 Å². The van der Waals surface area contributed by atoms with Gasteiger partial charge in [-0.2, -0.15) is 4.98 Å². The van der Waals surface area contributed by atoms with Gasteiger partial charge in [-0.05, 0) is 45.8 Å². The van der Waals surface area contributed by atoms with E-state index in [0.29, 0.717) is 18.4 Å². The smallest absolute Gasteiger partial charge is 0.291 e. The third-order valence-electron chi connectivity index (χ3n) is 4.22. The summed E-state index contributed by atoms with van der Waals surface area (Å²) in [6.45, 7) is 8.77. The molecule has 0 aliphatic carbocycles. The van der Waals surface area contributed by atoms with Gasteiger partial charge in [-0.15, -0.1) is 5.10 Å². The van der Waals surface area contributed by atoms with Crippen molar-refractivity contribution in [1.82, 2.24) is 29.8 Å². The first-order chi connectivity index (χ1) is 10.6. The third-order valence-corrected chi connectivity index (χ3v) is 4.22. The number of nitrogens with zero attached hydrogens (tertiary/aromatic N) is 5. The lowest BCUT2D eigenvalue weighted by Crippen LogP contribution is -2.40. The van der Waals surface area contributed by atoms with E-state index in [9.17, 15) is 4.79 Å². The lowest BCUT2D eigenvalue weighted by Gasteiger charge is -2.22. The van der Waals surface area contributed by atoms with Gasteiger partial charge in [0.15, 0.2) is 0 Å². The molecule has 0 aromatic carbocycles. The van der Waals surface area contributed by atoms with E-state index in [1.165, 1.54) is 6.42 Å². The first kappa shape index (κ1) is 14.9. The summed E-state index contributed by atoms with van der Waals surface area (Å²) in [6, 6.07) is 2.34.